The molecule has 0 spiro atoms. The maximum Gasteiger partial charge on any atom is 0.0216 e. The van der Waals surface area contributed by atoms with E-state index in [-0.39, 0.29) is 0 Å². The van der Waals surface area contributed by atoms with Crippen LogP contribution in [0.5, 0.6) is 0 Å². The number of nitrogens with two attached hydrogens (primary N) is 1. The van der Waals surface area contributed by atoms with Crippen LogP contribution in [-0.2, 0) is 0 Å². The number of hydrogen-bond donors (Lipinski definition) is 2. The summed E-state index contributed by atoms with van der Waals surface area (Å²) in [6.07, 6.45) is 1.18. The fourth-order valence-electron chi connectivity index (χ4n) is 1.62. The number of rotatable bonds is 3. The van der Waals surface area contributed by atoms with E-state index in [1.165, 1.54) is 6.42 Å². The Morgan fingerprint density at radius 1 is 1.45 bits per heavy atom. The van der Waals surface area contributed by atoms with Gasteiger partial charge in [0.1, 0.15) is 0 Å². The second-order valence-corrected chi connectivity index (χ2v) is 3.08. The van der Waals surface area contributed by atoms with E-state index in [2.05, 4.69) is 17.1 Å². The van der Waals surface area contributed by atoms with E-state index in [4.69, 9.17) is 5.73 Å². The van der Waals surface area contributed by atoms with Gasteiger partial charge in [-0.05, 0) is 6.42 Å². The topological polar surface area (TPSA) is 41.3 Å². The van der Waals surface area contributed by atoms with Crippen molar-refractivity contribution in [2.45, 2.75) is 19.4 Å². The van der Waals surface area contributed by atoms with Gasteiger partial charge in [0.15, 0.2) is 0 Å². The molecule has 3 N–H and O–H groups in total. The van der Waals surface area contributed by atoms with Crippen molar-refractivity contribution >= 4 is 0 Å². The monoisotopic (exact) mass is 157 g/mol. The lowest BCUT2D eigenvalue weighted by molar-refractivity contribution is 0.173. The molecule has 1 heterocycles. The number of nitrogens with zero attached hydrogens (tertiary/aromatic N) is 1. The summed E-state index contributed by atoms with van der Waals surface area (Å²) < 4.78 is 0. The van der Waals surface area contributed by atoms with Gasteiger partial charge in [-0.15, -0.1) is 0 Å². The first-order valence-electron chi connectivity index (χ1n) is 4.53. The van der Waals surface area contributed by atoms with Crippen LogP contribution in [0.2, 0.25) is 0 Å². The summed E-state index contributed by atoms with van der Waals surface area (Å²) in [4.78, 5) is 2.48. The first-order chi connectivity index (χ1) is 5.38. The number of piperazine rings is 1. The Bertz CT molecular complexity index is 95.5. The maximum absolute atomic E-state index is 5.65. The van der Waals surface area contributed by atoms with Crippen LogP contribution in [0, 0.1) is 0 Å². The summed E-state index contributed by atoms with van der Waals surface area (Å²) in [7, 11) is 0. The van der Waals surface area contributed by atoms with Gasteiger partial charge in [0.2, 0.25) is 0 Å². The SMILES string of the molecule is CCC(CN)N1CCNCC1. The fraction of sp³-hybridized carbons (Fsp3) is 1.00. The molecule has 3 nitrogen and oxygen atoms in total. The van der Waals surface area contributed by atoms with Crippen molar-refractivity contribution in [1.82, 2.24) is 10.2 Å². The molecule has 0 aromatic heterocycles. The van der Waals surface area contributed by atoms with Gasteiger partial charge in [0.25, 0.3) is 0 Å². The highest BCUT2D eigenvalue weighted by molar-refractivity contribution is 4.75. The van der Waals surface area contributed by atoms with Crippen LogP contribution in [0.3, 0.4) is 0 Å². The molecule has 66 valence electrons. The van der Waals surface area contributed by atoms with E-state index in [1.807, 2.05) is 0 Å². The minimum absolute atomic E-state index is 0.608. The third-order valence-electron chi connectivity index (χ3n) is 2.41. The molecular formula is C8H19N3. The molecule has 1 rings (SSSR count). The minimum atomic E-state index is 0.608. The molecule has 0 saturated carbocycles. The van der Waals surface area contributed by atoms with Gasteiger partial charge in [-0.25, -0.2) is 0 Å². The van der Waals surface area contributed by atoms with Crippen LogP contribution in [-0.4, -0.2) is 43.7 Å². The van der Waals surface area contributed by atoms with Gasteiger partial charge in [0.05, 0.1) is 0 Å². The Morgan fingerprint density at radius 3 is 2.55 bits per heavy atom. The highest BCUT2D eigenvalue weighted by Gasteiger charge is 2.16. The van der Waals surface area contributed by atoms with E-state index in [0.717, 1.165) is 32.7 Å². The molecule has 1 aliphatic heterocycles. The zero-order chi connectivity index (χ0) is 8.10. The highest BCUT2D eigenvalue weighted by Crippen LogP contribution is 2.03. The molecule has 0 radical (unpaired) electrons. The van der Waals surface area contributed by atoms with E-state index in [1.54, 1.807) is 0 Å². The highest BCUT2D eigenvalue weighted by atomic mass is 15.2. The van der Waals surface area contributed by atoms with Gasteiger partial charge >= 0.3 is 0 Å². The molecule has 1 atom stereocenters. The van der Waals surface area contributed by atoms with Gasteiger partial charge < -0.3 is 11.1 Å². The molecule has 1 aliphatic rings. The smallest absolute Gasteiger partial charge is 0.0216 e. The van der Waals surface area contributed by atoms with E-state index >= 15 is 0 Å². The Kier molecular flexibility index (Phi) is 3.83. The molecule has 0 bridgehead atoms. The summed E-state index contributed by atoms with van der Waals surface area (Å²) in [5.41, 5.74) is 5.65. The number of nitrogens with one attached hydrogen (secondary N) is 1. The van der Waals surface area contributed by atoms with Gasteiger partial charge in [-0.1, -0.05) is 6.92 Å². The minimum Gasteiger partial charge on any atom is -0.329 e. The third kappa shape index (κ3) is 2.43. The third-order valence-corrected chi connectivity index (χ3v) is 2.41. The lowest BCUT2D eigenvalue weighted by Crippen LogP contribution is -2.50. The van der Waals surface area contributed by atoms with Crippen LogP contribution < -0.4 is 11.1 Å². The summed E-state index contributed by atoms with van der Waals surface area (Å²) in [5, 5.41) is 3.34. The van der Waals surface area contributed by atoms with Crippen molar-refractivity contribution in [3.63, 3.8) is 0 Å². The van der Waals surface area contributed by atoms with Crippen molar-refractivity contribution in [2.24, 2.45) is 5.73 Å². The van der Waals surface area contributed by atoms with Crippen molar-refractivity contribution in [3.05, 3.63) is 0 Å². The van der Waals surface area contributed by atoms with Crippen molar-refractivity contribution < 1.29 is 0 Å². The number of hydrogen-bond acceptors (Lipinski definition) is 3. The molecule has 0 amide bonds. The maximum atomic E-state index is 5.65. The van der Waals surface area contributed by atoms with E-state index in [9.17, 15) is 0 Å². The Hall–Kier alpha value is -0.120. The van der Waals surface area contributed by atoms with E-state index < -0.39 is 0 Å². The first-order valence-corrected chi connectivity index (χ1v) is 4.53. The summed E-state index contributed by atoms with van der Waals surface area (Å²) in [5.74, 6) is 0. The second-order valence-electron chi connectivity index (χ2n) is 3.08. The quantitative estimate of drug-likeness (QED) is 0.587. The molecule has 0 aromatic rings. The van der Waals surface area contributed by atoms with Gasteiger partial charge in [-0.2, -0.15) is 0 Å². The lowest BCUT2D eigenvalue weighted by Gasteiger charge is -2.33. The van der Waals surface area contributed by atoms with Crippen LogP contribution in [0.4, 0.5) is 0 Å². The second kappa shape index (κ2) is 4.70. The average molecular weight is 157 g/mol. The van der Waals surface area contributed by atoms with Gasteiger partial charge in [-0.3, -0.25) is 4.90 Å². The average Bonchev–Trinajstić information content (AvgIpc) is 2.09. The molecule has 1 unspecified atom stereocenters. The van der Waals surface area contributed by atoms with Crippen molar-refractivity contribution in [1.29, 1.82) is 0 Å². The molecule has 0 aromatic carbocycles. The predicted octanol–water partition coefficient (Wildman–Crippen LogP) is -0.371. The zero-order valence-electron chi connectivity index (χ0n) is 7.34. The van der Waals surface area contributed by atoms with Gasteiger partial charge in [0, 0.05) is 38.8 Å². The molecular weight excluding hydrogens is 138 g/mol. The molecule has 0 aliphatic carbocycles. The summed E-state index contributed by atoms with van der Waals surface area (Å²) >= 11 is 0. The summed E-state index contributed by atoms with van der Waals surface area (Å²) in [6.45, 7) is 7.58. The fourth-order valence-corrected chi connectivity index (χ4v) is 1.62. The first kappa shape index (κ1) is 8.97. The summed E-state index contributed by atoms with van der Waals surface area (Å²) in [6, 6.07) is 0.608. The van der Waals surface area contributed by atoms with Crippen molar-refractivity contribution in [3.8, 4) is 0 Å². The normalized spacial score (nSPS) is 23.5. The van der Waals surface area contributed by atoms with Crippen LogP contribution in [0.1, 0.15) is 13.3 Å². The van der Waals surface area contributed by atoms with Crippen molar-refractivity contribution in [2.75, 3.05) is 32.7 Å². The zero-order valence-corrected chi connectivity index (χ0v) is 7.34. The Labute approximate surface area is 68.9 Å². The van der Waals surface area contributed by atoms with Crippen LogP contribution in [0.15, 0.2) is 0 Å². The standard InChI is InChI=1S/C8H19N3/c1-2-8(7-9)11-5-3-10-4-6-11/h8,10H,2-7,9H2,1H3. The predicted molar refractivity (Wildman–Crippen MR) is 47.6 cm³/mol. The molecule has 1 saturated heterocycles. The molecule has 3 heteroatoms. The molecule has 1 fully saturated rings. The lowest BCUT2D eigenvalue weighted by atomic mass is 10.2. The van der Waals surface area contributed by atoms with Crippen LogP contribution >= 0.6 is 0 Å². The largest absolute Gasteiger partial charge is 0.329 e. The Balaban J connectivity index is 2.30. The Morgan fingerprint density at radius 2 is 2.09 bits per heavy atom. The van der Waals surface area contributed by atoms with Crippen LogP contribution in [0.25, 0.3) is 0 Å². The molecule has 11 heavy (non-hydrogen) atoms. The van der Waals surface area contributed by atoms with E-state index in [0.29, 0.717) is 6.04 Å².